The van der Waals surface area contributed by atoms with Crippen LogP contribution in [0.3, 0.4) is 0 Å². The highest BCUT2D eigenvalue weighted by Crippen LogP contribution is 2.14. The van der Waals surface area contributed by atoms with Crippen molar-refractivity contribution in [1.29, 1.82) is 0 Å². The molecule has 0 saturated carbocycles. The minimum atomic E-state index is 0.378. The predicted octanol–water partition coefficient (Wildman–Crippen LogP) is 2.94. The fraction of sp³-hybridized carbons (Fsp3) is 0.588. The molecule has 132 valence electrons. The van der Waals surface area contributed by atoms with Crippen LogP contribution < -0.4 is 10.6 Å². The Hall–Kier alpha value is -2.31. The SMILES string of the molecule is CN=C(NCc1nc(-c2ccco2)n[nH]1)NC(C)CCCC(C)C. The van der Waals surface area contributed by atoms with Gasteiger partial charge in [-0.15, -0.1) is 5.10 Å². The summed E-state index contributed by atoms with van der Waals surface area (Å²) in [5.41, 5.74) is 0. The molecule has 0 aromatic carbocycles. The number of rotatable bonds is 8. The van der Waals surface area contributed by atoms with Crippen molar-refractivity contribution in [2.45, 2.75) is 52.6 Å². The molecule has 2 heterocycles. The zero-order chi connectivity index (χ0) is 17.4. The van der Waals surface area contributed by atoms with Crippen LogP contribution in [0.15, 0.2) is 27.8 Å². The van der Waals surface area contributed by atoms with Gasteiger partial charge >= 0.3 is 0 Å². The monoisotopic (exact) mass is 332 g/mol. The summed E-state index contributed by atoms with van der Waals surface area (Å²) in [7, 11) is 1.77. The van der Waals surface area contributed by atoms with E-state index in [9.17, 15) is 0 Å². The van der Waals surface area contributed by atoms with E-state index in [1.165, 1.54) is 12.8 Å². The highest BCUT2D eigenvalue weighted by Gasteiger charge is 2.10. The summed E-state index contributed by atoms with van der Waals surface area (Å²) in [6.45, 7) is 7.21. The molecule has 0 bridgehead atoms. The Morgan fingerprint density at radius 3 is 2.83 bits per heavy atom. The summed E-state index contributed by atoms with van der Waals surface area (Å²) in [6.07, 6.45) is 5.21. The van der Waals surface area contributed by atoms with Gasteiger partial charge in [-0.3, -0.25) is 10.1 Å². The first-order valence-electron chi connectivity index (χ1n) is 8.50. The van der Waals surface area contributed by atoms with Gasteiger partial charge in [-0.25, -0.2) is 4.98 Å². The Kier molecular flexibility index (Phi) is 6.84. The molecule has 0 amide bonds. The third-order valence-electron chi connectivity index (χ3n) is 3.72. The average Bonchev–Trinajstić information content (AvgIpc) is 3.21. The summed E-state index contributed by atoms with van der Waals surface area (Å²) < 4.78 is 5.29. The zero-order valence-electron chi connectivity index (χ0n) is 15.0. The molecule has 0 aliphatic carbocycles. The molecule has 0 radical (unpaired) electrons. The van der Waals surface area contributed by atoms with Crippen molar-refractivity contribution < 1.29 is 4.42 Å². The van der Waals surface area contributed by atoms with Crippen molar-refractivity contribution >= 4 is 5.96 Å². The van der Waals surface area contributed by atoms with Crippen LogP contribution in [0.5, 0.6) is 0 Å². The second kappa shape index (κ2) is 9.10. The standard InChI is InChI=1S/C17H28N6O/c1-12(2)7-5-8-13(3)20-17(18-4)19-11-15-21-16(23-22-15)14-9-6-10-24-14/h6,9-10,12-13H,5,7-8,11H2,1-4H3,(H2,18,19,20)(H,21,22,23). The van der Waals surface area contributed by atoms with Crippen LogP contribution in [0, 0.1) is 5.92 Å². The van der Waals surface area contributed by atoms with Gasteiger partial charge in [0.1, 0.15) is 5.82 Å². The van der Waals surface area contributed by atoms with Gasteiger partial charge in [0.25, 0.3) is 0 Å². The van der Waals surface area contributed by atoms with E-state index in [2.05, 4.69) is 51.6 Å². The van der Waals surface area contributed by atoms with E-state index in [0.29, 0.717) is 24.2 Å². The molecule has 0 aliphatic rings. The van der Waals surface area contributed by atoms with Crippen molar-refractivity contribution in [3.63, 3.8) is 0 Å². The fourth-order valence-electron chi connectivity index (χ4n) is 2.39. The van der Waals surface area contributed by atoms with E-state index in [1.807, 2.05) is 12.1 Å². The first-order chi connectivity index (χ1) is 11.6. The van der Waals surface area contributed by atoms with E-state index in [-0.39, 0.29) is 0 Å². The van der Waals surface area contributed by atoms with Gasteiger partial charge in [0.15, 0.2) is 11.7 Å². The third kappa shape index (κ3) is 5.72. The molecule has 0 spiro atoms. The maximum atomic E-state index is 5.29. The van der Waals surface area contributed by atoms with Crippen LogP contribution in [0.4, 0.5) is 0 Å². The minimum absolute atomic E-state index is 0.378. The van der Waals surface area contributed by atoms with Crippen molar-refractivity contribution in [2.75, 3.05) is 7.05 Å². The Labute approximate surface area is 143 Å². The van der Waals surface area contributed by atoms with Crippen LogP contribution in [0.2, 0.25) is 0 Å². The number of H-pyrrole nitrogens is 1. The lowest BCUT2D eigenvalue weighted by atomic mass is 10.0. The van der Waals surface area contributed by atoms with Crippen LogP contribution in [0.25, 0.3) is 11.6 Å². The van der Waals surface area contributed by atoms with E-state index in [4.69, 9.17) is 4.42 Å². The number of aliphatic imine (C=N–C) groups is 1. The van der Waals surface area contributed by atoms with Gasteiger partial charge in [-0.05, 0) is 31.4 Å². The molecule has 2 rings (SSSR count). The Morgan fingerprint density at radius 2 is 2.17 bits per heavy atom. The van der Waals surface area contributed by atoms with Gasteiger partial charge in [-0.1, -0.05) is 26.7 Å². The van der Waals surface area contributed by atoms with Gasteiger partial charge in [0.05, 0.1) is 12.8 Å². The zero-order valence-corrected chi connectivity index (χ0v) is 15.0. The molecule has 1 unspecified atom stereocenters. The van der Waals surface area contributed by atoms with Crippen molar-refractivity contribution in [3.8, 4) is 11.6 Å². The lowest BCUT2D eigenvalue weighted by molar-refractivity contribution is 0.491. The van der Waals surface area contributed by atoms with Crippen molar-refractivity contribution in [3.05, 3.63) is 24.2 Å². The minimum Gasteiger partial charge on any atom is -0.461 e. The van der Waals surface area contributed by atoms with Crippen LogP contribution in [-0.4, -0.2) is 34.2 Å². The van der Waals surface area contributed by atoms with Crippen LogP contribution in [0.1, 0.15) is 45.9 Å². The third-order valence-corrected chi connectivity index (χ3v) is 3.72. The largest absolute Gasteiger partial charge is 0.461 e. The second-order valence-electron chi connectivity index (χ2n) is 6.38. The Balaban J connectivity index is 1.77. The maximum absolute atomic E-state index is 5.29. The van der Waals surface area contributed by atoms with E-state index in [0.717, 1.165) is 24.1 Å². The molecule has 24 heavy (non-hydrogen) atoms. The molecule has 0 aliphatic heterocycles. The second-order valence-corrected chi connectivity index (χ2v) is 6.38. The number of hydrogen-bond acceptors (Lipinski definition) is 4. The maximum Gasteiger partial charge on any atom is 0.216 e. The molecule has 7 nitrogen and oxygen atoms in total. The van der Waals surface area contributed by atoms with Gasteiger partial charge in [0.2, 0.25) is 5.82 Å². The molecular formula is C17H28N6O. The van der Waals surface area contributed by atoms with E-state index >= 15 is 0 Å². The Morgan fingerprint density at radius 1 is 1.33 bits per heavy atom. The van der Waals surface area contributed by atoms with E-state index < -0.39 is 0 Å². The number of hydrogen-bond donors (Lipinski definition) is 3. The molecule has 2 aromatic heterocycles. The molecule has 7 heteroatoms. The molecular weight excluding hydrogens is 304 g/mol. The number of nitrogens with one attached hydrogen (secondary N) is 3. The molecule has 0 fully saturated rings. The highest BCUT2D eigenvalue weighted by atomic mass is 16.3. The molecule has 0 saturated heterocycles. The summed E-state index contributed by atoms with van der Waals surface area (Å²) >= 11 is 0. The fourth-order valence-corrected chi connectivity index (χ4v) is 2.39. The smallest absolute Gasteiger partial charge is 0.216 e. The molecule has 2 aromatic rings. The molecule has 3 N–H and O–H groups in total. The first kappa shape index (κ1) is 18.0. The van der Waals surface area contributed by atoms with Crippen molar-refractivity contribution in [2.24, 2.45) is 10.9 Å². The van der Waals surface area contributed by atoms with Gasteiger partial charge in [-0.2, -0.15) is 0 Å². The normalized spacial score (nSPS) is 13.3. The number of nitrogens with zero attached hydrogens (tertiary/aromatic N) is 3. The topological polar surface area (TPSA) is 91.1 Å². The predicted molar refractivity (Wildman–Crippen MR) is 95.6 cm³/mol. The summed E-state index contributed by atoms with van der Waals surface area (Å²) in [5.74, 6) is 3.46. The van der Waals surface area contributed by atoms with E-state index in [1.54, 1.807) is 13.3 Å². The number of aromatic amines is 1. The first-order valence-corrected chi connectivity index (χ1v) is 8.50. The lowest BCUT2D eigenvalue weighted by Gasteiger charge is -2.17. The highest BCUT2D eigenvalue weighted by molar-refractivity contribution is 5.79. The quantitative estimate of drug-likeness (QED) is 0.511. The number of aromatic nitrogens is 3. The number of guanidine groups is 1. The van der Waals surface area contributed by atoms with Crippen LogP contribution in [-0.2, 0) is 6.54 Å². The van der Waals surface area contributed by atoms with Crippen molar-refractivity contribution in [1.82, 2.24) is 25.8 Å². The summed E-state index contributed by atoms with van der Waals surface area (Å²) in [6, 6.07) is 4.03. The van der Waals surface area contributed by atoms with Gasteiger partial charge < -0.3 is 15.1 Å². The van der Waals surface area contributed by atoms with Gasteiger partial charge in [0, 0.05) is 13.1 Å². The number of furan rings is 1. The average molecular weight is 332 g/mol. The molecule has 1 atom stereocenters. The van der Waals surface area contributed by atoms with Crippen LogP contribution >= 0.6 is 0 Å². The summed E-state index contributed by atoms with van der Waals surface area (Å²) in [5, 5.41) is 13.7. The Bertz CT molecular complexity index is 617. The lowest BCUT2D eigenvalue weighted by Crippen LogP contribution is -2.42. The summed E-state index contributed by atoms with van der Waals surface area (Å²) in [4.78, 5) is 8.66.